The number of rotatable bonds is 9. The van der Waals surface area contributed by atoms with Gasteiger partial charge in [-0.2, -0.15) is 0 Å². The zero-order valence-electron chi connectivity index (χ0n) is 14.6. The van der Waals surface area contributed by atoms with Crippen LogP contribution in [0.1, 0.15) is 65.7 Å². The van der Waals surface area contributed by atoms with Gasteiger partial charge < -0.3 is 4.74 Å². The molecule has 0 bridgehead atoms. The number of carbonyl (C=O) groups is 2. The number of hydrogen-bond acceptors (Lipinski definition) is 3. The Morgan fingerprint density at radius 3 is 2.68 bits per heavy atom. The number of hydrogen-bond donors (Lipinski definition) is 0. The predicted octanol–water partition coefficient (Wildman–Crippen LogP) is 4.35. The van der Waals surface area contributed by atoms with E-state index in [0.717, 1.165) is 18.6 Å². The highest BCUT2D eigenvalue weighted by atomic mass is 16.5. The maximum atomic E-state index is 12.1. The van der Waals surface area contributed by atoms with Crippen LogP contribution in [-0.2, 0) is 14.3 Å². The van der Waals surface area contributed by atoms with Gasteiger partial charge in [0.1, 0.15) is 12.1 Å². The number of allylic oxidation sites excluding steroid dienone is 2. The summed E-state index contributed by atoms with van der Waals surface area (Å²) in [6, 6.07) is 0. The van der Waals surface area contributed by atoms with E-state index in [0.29, 0.717) is 24.0 Å². The first-order valence-corrected chi connectivity index (χ1v) is 8.65. The first-order chi connectivity index (χ1) is 10.5. The van der Waals surface area contributed by atoms with Crippen molar-refractivity contribution in [1.82, 2.24) is 0 Å². The molecular weight excluding hydrogens is 276 g/mol. The zero-order valence-corrected chi connectivity index (χ0v) is 14.6. The van der Waals surface area contributed by atoms with Crippen LogP contribution in [0.2, 0.25) is 0 Å². The van der Waals surface area contributed by atoms with Crippen LogP contribution < -0.4 is 0 Å². The lowest BCUT2D eigenvalue weighted by Crippen LogP contribution is -2.23. The lowest BCUT2D eigenvalue weighted by atomic mass is 9.80. The minimum absolute atomic E-state index is 0.148. The second-order valence-electron chi connectivity index (χ2n) is 7.05. The second-order valence-corrected chi connectivity index (χ2v) is 7.05. The van der Waals surface area contributed by atoms with Crippen molar-refractivity contribution in [3.8, 4) is 0 Å². The topological polar surface area (TPSA) is 43.4 Å². The summed E-state index contributed by atoms with van der Waals surface area (Å²) < 4.78 is 5.49. The molecule has 0 aromatic rings. The van der Waals surface area contributed by atoms with Crippen molar-refractivity contribution < 1.29 is 14.3 Å². The lowest BCUT2D eigenvalue weighted by molar-refractivity contribution is -0.121. The smallest absolute Gasteiger partial charge is 0.145 e. The number of ether oxygens (including phenoxy) is 1. The Labute approximate surface area is 135 Å². The van der Waals surface area contributed by atoms with Gasteiger partial charge in [-0.25, -0.2) is 0 Å². The van der Waals surface area contributed by atoms with E-state index < -0.39 is 0 Å². The third kappa shape index (κ3) is 6.87. The van der Waals surface area contributed by atoms with Crippen molar-refractivity contribution in [1.29, 1.82) is 0 Å². The maximum Gasteiger partial charge on any atom is 0.145 e. The van der Waals surface area contributed by atoms with Crippen molar-refractivity contribution >= 4 is 12.1 Å². The fourth-order valence-electron chi connectivity index (χ4n) is 3.50. The highest BCUT2D eigenvalue weighted by molar-refractivity contribution is 5.84. The molecule has 3 heteroatoms. The number of carbonyl (C=O) groups excluding carboxylic acids is 2. The van der Waals surface area contributed by atoms with E-state index in [1.807, 2.05) is 14.0 Å². The summed E-state index contributed by atoms with van der Waals surface area (Å²) in [7, 11) is 1.81. The van der Waals surface area contributed by atoms with Gasteiger partial charge in [-0.05, 0) is 50.0 Å². The Balaban J connectivity index is 2.31. The third-order valence-electron chi connectivity index (χ3n) is 4.89. The van der Waals surface area contributed by atoms with Crippen LogP contribution in [0, 0.1) is 17.8 Å². The number of ketones is 1. The Morgan fingerprint density at radius 2 is 2.05 bits per heavy atom. The average Bonchev–Trinajstić information content (AvgIpc) is 2.52. The summed E-state index contributed by atoms with van der Waals surface area (Å²) in [6.07, 6.45) is 10.7. The molecule has 0 heterocycles. The summed E-state index contributed by atoms with van der Waals surface area (Å²) >= 11 is 0. The Bertz CT molecular complexity index is 386. The quantitative estimate of drug-likeness (QED) is 0.470. The lowest BCUT2D eigenvalue weighted by Gasteiger charge is -2.30. The molecule has 3 nitrogen and oxygen atoms in total. The van der Waals surface area contributed by atoms with Gasteiger partial charge in [-0.3, -0.25) is 9.59 Å². The first kappa shape index (κ1) is 19.1. The molecule has 0 amide bonds. The molecule has 4 atom stereocenters. The van der Waals surface area contributed by atoms with Crippen molar-refractivity contribution in [2.45, 2.75) is 71.8 Å². The highest BCUT2D eigenvalue weighted by Crippen LogP contribution is 2.32. The highest BCUT2D eigenvalue weighted by Gasteiger charge is 2.23. The molecule has 1 rings (SSSR count). The van der Waals surface area contributed by atoms with Crippen LogP contribution >= 0.6 is 0 Å². The molecule has 1 saturated carbocycles. The number of aldehydes is 1. The predicted molar refractivity (Wildman–Crippen MR) is 89.8 cm³/mol. The zero-order chi connectivity index (χ0) is 16.5. The molecule has 0 aromatic heterocycles. The molecule has 0 aromatic carbocycles. The van der Waals surface area contributed by atoms with E-state index in [1.54, 1.807) is 13.0 Å². The van der Waals surface area contributed by atoms with Gasteiger partial charge in [0.2, 0.25) is 0 Å². The molecule has 1 aliphatic carbocycles. The normalized spacial score (nSPS) is 25.5. The molecule has 126 valence electrons. The summed E-state index contributed by atoms with van der Waals surface area (Å²) in [5, 5.41) is 0. The van der Waals surface area contributed by atoms with E-state index in [4.69, 9.17) is 4.74 Å². The van der Waals surface area contributed by atoms with Gasteiger partial charge in [-0.1, -0.05) is 32.8 Å². The van der Waals surface area contributed by atoms with Gasteiger partial charge in [0.25, 0.3) is 0 Å². The summed E-state index contributed by atoms with van der Waals surface area (Å²) in [5.74, 6) is 1.42. The molecule has 1 aliphatic rings. The number of methoxy groups -OCH3 is 1. The standard InChI is InChI=1S/C19H32O3/c1-14(11-17-6-5-7-18(12-17)22-4)8-9-19(21)16(3)10-15(2)13-20/h10,13-14,16-18H,5-9,11-12H2,1-4H3/b15-10+/t14?,16-,17+,18+/m1/s1. The first-order valence-electron chi connectivity index (χ1n) is 8.65. The van der Waals surface area contributed by atoms with Gasteiger partial charge in [0.15, 0.2) is 0 Å². The molecule has 1 unspecified atom stereocenters. The van der Waals surface area contributed by atoms with E-state index in [-0.39, 0.29) is 11.7 Å². The van der Waals surface area contributed by atoms with E-state index in [9.17, 15) is 9.59 Å². The van der Waals surface area contributed by atoms with Crippen molar-refractivity contribution in [2.75, 3.05) is 7.11 Å². The van der Waals surface area contributed by atoms with Gasteiger partial charge in [-0.15, -0.1) is 0 Å². The number of Topliss-reactive ketones (excluding diaryl/α,β-unsaturated/α-hetero) is 1. The minimum Gasteiger partial charge on any atom is -0.381 e. The Hall–Kier alpha value is -0.960. The minimum atomic E-state index is -0.148. The fraction of sp³-hybridized carbons (Fsp3) is 0.789. The van der Waals surface area contributed by atoms with Crippen LogP contribution in [-0.4, -0.2) is 25.3 Å². The molecule has 0 saturated heterocycles. The monoisotopic (exact) mass is 308 g/mol. The molecule has 0 aliphatic heterocycles. The summed E-state index contributed by atoms with van der Waals surface area (Å²) in [6.45, 7) is 5.87. The Kier molecular flexibility index (Phi) is 8.62. The van der Waals surface area contributed by atoms with Crippen LogP contribution in [0.3, 0.4) is 0 Å². The van der Waals surface area contributed by atoms with E-state index in [1.165, 1.54) is 32.1 Å². The van der Waals surface area contributed by atoms with Gasteiger partial charge in [0, 0.05) is 19.4 Å². The average molecular weight is 308 g/mol. The van der Waals surface area contributed by atoms with Crippen LogP contribution in [0.4, 0.5) is 0 Å². The molecule has 22 heavy (non-hydrogen) atoms. The SMILES string of the molecule is CO[C@H]1CCC[C@@H](CC(C)CCC(=O)[C@H](C)/C=C(\C)C=O)C1. The fourth-order valence-corrected chi connectivity index (χ4v) is 3.50. The third-order valence-corrected chi connectivity index (χ3v) is 4.89. The van der Waals surface area contributed by atoms with E-state index in [2.05, 4.69) is 6.92 Å². The Morgan fingerprint density at radius 1 is 1.32 bits per heavy atom. The summed E-state index contributed by atoms with van der Waals surface area (Å²) in [4.78, 5) is 22.7. The van der Waals surface area contributed by atoms with Crippen molar-refractivity contribution in [2.24, 2.45) is 17.8 Å². The molecule has 0 radical (unpaired) electrons. The second kappa shape index (κ2) is 9.94. The molecule has 0 spiro atoms. The maximum absolute atomic E-state index is 12.1. The van der Waals surface area contributed by atoms with Crippen LogP contribution in [0.25, 0.3) is 0 Å². The van der Waals surface area contributed by atoms with Crippen molar-refractivity contribution in [3.05, 3.63) is 11.6 Å². The summed E-state index contributed by atoms with van der Waals surface area (Å²) in [5.41, 5.74) is 0.640. The van der Waals surface area contributed by atoms with Crippen LogP contribution in [0.5, 0.6) is 0 Å². The largest absolute Gasteiger partial charge is 0.381 e. The molecular formula is C19H32O3. The van der Waals surface area contributed by atoms with Gasteiger partial charge in [0.05, 0.1) is 6.10 Å². The van der Waals surface area contributed by atoms with Gasteiger partial charge >= 0.3 is 0 Å². The molecule has 0 N–H and O–H groups in total. The van der Waals surface area contributed by atoms with Crippen molar-refractivity contribution in [3.63, 3.8) is 0 Å². The molecule has 1 fully saturated rings. The van der Waals surface area contributed by atoms with Crippen LogP contribution in [0.15, 0.2) is 11.6 Å². The van der Waals surface area contributed by atoms with E-state index >= 15 is 0 Å².